The Labute approximate surface area is 337 Å². The molecule has 4 heterocycles. The van der Waals surface area contributed by atoms with Crippen molar-refractivity contribution in [3.05, 3.63) is 200 Å². The molecule has 58 heavy (non-hydrogen) atoms. The number of rotatable bonds is 8. The van der Waals surface area contributed by atoms with E-state index in [1.165, 1.54) is 33.0 Å². The molecule has 5 aromatic carbocycles. The van der Waals surface area contributed by atoms with Crippen LogP contribution in [0.25, 0.3) is 90.0 Å². The highest BCUT2D eigenvalue weighted by atomic mass is 15.0. The fourth-order valence-electron chi connectivity index (χ4n) is 8.55. The Morgan fingerprint density at radius 2 is 1.21 bits per heavy atom. The summed E-state index contributed by atoms with van der Waals surface area (Å²) in [5.41, 5.74) is 14.1. The Morgan fingerprint density at radius 1 is 0.552 bits per heavy atom. The lowest BCUT2D eigenvalue weighted by atomic mass is 9.82. The summed E-state index contributed by atoms with van der Waals surface area (Å²) in [6.07, 6.45) is 17.0. The van der Waals surface area contributed by atoms with E-state index in [0.29, 0.717) is 17.5 Å². The fraction of sp³-hybridized carbons (Fsp3) is 0.0577. The third-order valence-corrected chi connectivity index (χ3v) is 11.2. The molecule has 10 rings (SSSR count). The molecule has 0 aliphatic heterocycles. The average molecular weight is 747 g/mol. The highest BCUT2D eigenvalue weighted by Gasteiger charge is 2.37. The van der Waals surface area contributed by atoms with Crippen molar-refractivity contribution in [2.75, 3.05) is 0 Å². The van der Waals surface area contributed by atoms with Gasteiger partial charge in [0.2, 0.25) is 0 Å². The third-order valence-electron chi connectivity index (χ3n) is 11.2. The lowest BCUT2D eigenvalue weighted by molar-refractivity contribution is 0.661. The van der Waals surface area contributed by atoms with Crippen LogP contribution < -0.4 is 0 Å². The first-order valence-corrected chi connectivity index (χ1v) is 19.4. The van der Waals surface area contributed by atoms with Crippen molar-refractivity contribution in [1.82, 2.24) is 29.5 Å². The van der Waals surface area contributed by atoms with Crippen molar-refractivity contribution in [2.24, 2.45) is 0 Å². The molecule has 1 aliphatic rings. The normalized spacial score (nSPS) is 13.1. The van der Waals surface area contributed by atoms with Crippen molar-refractivity contribution in [2.45, 2.75) is 19.3 Å². The van der Waals surface area contributed by atoms with Gasteiger partial charge in [0.25, 0.3) is 0 Å². The van der Waals surface area contributed by atoms with Crippen LogP contribution in [0.2, 0.25) is 0 Å². The second-order valence-electron chi connectivity index (χ2n) is 15.0. The number of allylic oxidation sites excluding steroid dienone is 4. The highest BCUT2D eigenvalue weighted by Crippen LogP contribution is 2.53. The summed E-state index contributed by atoms with van der Waals surface area (Å²) in [5, 5.41) is 2.47. The molecule has 4 aromatic heterocycles. The van der Waals surface area contributed by atoms with E-state index in [0.717, 1.165) is 50.1 Å². The second kappa shape index (κ2) is 14.2. The number of benzene rings is 5. The molecule has 0 spiro atoms. The summed E-state index contributed by atoms with van der Waals surface area (Å²) in [4.78, 5) is 23.9. The molecule has 0 saturated heterocycles. The number of nitrogens with zero attached hydrogens (tertiary/aromatic N) is 6. The van der Waals surface area contributed by atoms with Crippen molar-refractivity contribution in [1.29, 1.82) is 0 Å². The lowest BCUT2D eigenvalue weighted by Crippen LogP contribution is -2.14. The Kier molecular flexibility index (Phi) is 8.53. The van der Waals surface area contributed by atoms with E-state index in [1.54, 1.807) is 30.9 Å². The minimum Gasteiger partial charge on any atom is -0.308 e. The molecule has 1 aliphatic carbocycles. The van der Waals surface area contributed by atoms with Crippen LogP contribution in [0, 0.1) is 0 Å². The summed E-state index contributed by atoms with van der Waals surface area (Å²) in [6.45, 7) is 8.59. The molecule has 276 valence electrons. The SMILES string of the molecule is C=C/C=C\C=C\c1cc(-c2nc(-c3cccnc3)nc(-c3cccnc3)n2)cc(-c2ccccc2)c1-n1c2ccccc2c2c3c(ccc21)C(C)(C)c1ccccc1-3. The van der Waals surface area contributed by atoms with Crippen LogP contribution in [0.5, 0.6) is 0 Å². The topological polar surface area (TPSA) is 69.4 Å². The van der Waals surface area contributed by atoms with E-state index < -0.39 is 0 Å². The van der Waals surface area contributed by atoms with Crippen molar-refractivity contribution in [3.63, 3.8) is 0 Å². The maximum absolute atomic E-state index is 5.11. The predicted octanol–water partition coefficient (Wildman–Crippen LogP) is 12.5. The van der Waals surface area contributed by atoms with E-state index in [1.807, 2.05) is 36.4 Å². The molecule has 0 unspecified atom stereocenters. The maximum Gasteiger partial charge on any atom is 0.165 e. The van der Waals surface area contributed by atoms with E-state index in [9.17, 15) is 0 Å². The smallest absolute Gasteiger partial charge is 0.165 e. The molecule has 6 nitrogen and oxygen atoms in total. The van der Waals surface area contributed by atoms with Crippen LogP contribution in [0.1, 0.15) is 30.5 Å². The molecule has 0 atom stereocenters. The number of fused-ring (bicyclic) bond motifs is 7. The molecule has 6 heteroatoms. The van der Waals surface area contributed by atoms with Gasteiger partial charge in [-0.2, -0.15) is 0 Å². The van der Waals surface area contributed by atoms with Crippen molar-refractivity contribution in [3.8, 4) is 62.1 Å². The Hall–Kier alpha value is -7.57. The number of para-hydroxylation sites is 1. The van der Waals surface area contributed by atoms with Crippen LogP contribution in [0.3, 0.4) is 0 Å². The summed E-state index contributed by atoms with van der Waals surface area (Å²) < 4.78 is 2.46. The van der Waals surface area contributed by atoms with Crippen LogP contribution in [-0.2, 0) is 5.41 Å². The van der Waals surface area contributed by atoms with Gasteiger partial charge in [0.15, 0.2) is 17.5 Å². The molecule has 0 saturated carbocycles. The maximum atomic E-state index is 5.11. The molecule has 0 fully saturated rings. The van der Waals surface area contributed by atoms with Crippen molar-refractivity contribution >= 4 is 27.9 Å². The van der Waals surface area contributed by atoms with Gasteiger partial charge in [0.1, 0.15) is 0 Å². The van der Waals surface area contributed by atoms with Gasteiger partial charge >= 0.3 is 0 Å². The zero-order valence-corrected chi connectivity index (χ0v) is 32.2. The van der Waals surface area contributed by atoms with Crippen LogP contribution in [0.4, 0.5) is 0 Å². The molecule has 0 bridgehead atoms. The lowest BCUT2D eigenvalue weighted by Gasteiger charge is -2.22. The predicted molar refractivity (Wildman–Crippen MR) is 237 cm³/mol. The summed E-state index contributed by atoms with van der Waals surface area (Å²) in [7, 11) is 0. The van der Waals surface area contributed by atoms with Gasteiger partial charge in [-0.05, 0) is 81.9 Å². The van der Waals surface area contributed by atoms with Gasteiger partial charge in [0, 0.05) is 63.2 Å². The largest absolute Gasteiger partial charge is 0.308 e. The van der Waals surface area contributed by atoms with E-state index in [2.05, 4.69) is 150 Å². The fourth-order valence-corrected chi connectivity index (χ4v) is 8.55. The van der Waals surface area contributed by atoms with E-state index in [4.69, 9.17) is 15.0 Å². The van der Waals surface area contributed by atoms with Gasteiger partial charge in [-0.3, -0.25) is 9.97 Å². The summed E-state index contributed by atoms with van der Waals surface area (Å²) in [6, 6.07) is 45.1. The van der Waals surface area contributed by atoms with Gasteiger partial charge < -0.3 is 4.57 Å². The standard InChI is InChI=1S/C52H38N6/c1-4-5-6-8-19-35-30-38(51-56-49(36-20-15-28-53-32-36)55-50(57-51)37-21-16-29-54-33-37)31-41(34-17-9-7-10-18-34)48(35)58-44-25-14-12-23-40(44)47-45(58)27-26-43-46(47)39-22-11-13-24-42(39)52(43,2)3/h4-33H,1H2,2-3H3/b6-5-,19-8+. The molecular formula is C52H38N6. The number of aromatic nitrogens is 6. The quantitative estimate of drug-likeness (QED) is 0.145. The monoisotopic (exact) mass is 746 g/mol. The van der Waals surface area contributed by atoms with Gasteiger partial charge in [-0.1, -0.05) is 130 Å². The summed E-state index contributed by atoms with van der Waals surface area (Å²) in [5.74, 6) is 1.62. The number of hydrogen-bond acceptors (Lipinski definition) is 5. The highest BCUT2D eigenvalue weighted by molar-refractivity contribution is 6.18. The zero-order valence-electron chi connectivity index (χ0n) is 32.2. The van der Waals surface area contributed by atoms with E-state index >= 15 is 0 Å². The third kappa shape index (κ3) is 5.77. The minimum atomic E-state index is -0.126. The Bertz CT molecular complexity index is 3030. The van der Waals surface area contributed by atoms with Crippen LogP contribution >= 0.6 is 0 Å². The Balaban J connectivity index is 1.31. The molecule has 0 N–H and O–H groups in total. The second-order valence-corrected chi connectivity index (χ2v) is 15.0. The Morgan fingerprint density at radius 3 is 1.91 bits per heavy atom. The van der Waals surface area contributed by atoms with Crippen LogP contribution in [0.15, 0.2) is 183 Å². The number of hydrogen-bond donors (Lipinski definition) is 0. The first kappa shape index (κ1) is 34.9. The zero-order chi connectivity index (χ0) is 39.2. The van der Waals surface area contributed by atoms with Gasteiger partial charge in [0.05, 0.1) is 16.7 Å². The minimum absolute atomic E-state index is 0.126. The van der Waals surface area contributed by atoms with Crippen LogP contribution in [-0.4, -0.2) is 29.5 Å². The summed E-state index contributed by atoms with van der Waals surface area (Å²) >= 11 is 0. The molecular weight excluding hydrogens is 709 g/mol. The van der Waals surface area contributed by atoms with Gasteiger partial charge in [-0.15, -0.1) is 0 Å². The molecule has 0 amide bonds. The number of pyridine rings is 2. The van der Waals surface area contributed by atoms with Gasteiger partial charge in [-0.25, -0.2) is 15.0 Å². The average Bonchev–Trinajstić information content (AvgIpc) is 3.73. The first-order chi connectivity index (χ1) is 28.5. The molecule has 0 radical (unpaired) electrons. The van der Waals surface area contributed by atoms with Crippen molar-refractivity contribution < 1.29 is 0 Å². The first-order valence-electron chi connectivity index (χ1n) is 19.4. The molecule has 9 aromatic rings. The van der Waals surface area contributed by atoms with E-state index in [-0.39, 0.29) is 5.41 Å².